The zero-order valence-electron chi connectivity index (χ0n) is 14.7. The van der Waals surface area contributed by atoms with Crippen LogP contribution in [0.1, 0.15) is 23.7 Å². The SMILES string of the molecule is CCOC(=O)CN1C(=O)C(C)Oc2ccc(-c3nc(C)sc3C)cc21. The Hall–Kier alpha value is -2.41. The van der Waals surface area contributed by atoms with Crippen molar-refractivity contribution in [1.29, 1.82) is 0 Å². The van der Waals surface area contributed by atoms with Crippen LogP contribution in [0, 0.1) is 13.8 Å². The first-order valence-electron chi connectivity index (χ1n) is 8.12. The van der Waals surface area contributed by atoms with Crippen molar-refractivity contribution < 1.29 is 19.1 Å². The van der Waals surface area contributed by atoms with Gasteiger partial charge in [-0.1, -0.05) is 0 Å². The minimum absolute atomic E-state index is 0.133. The molecule has 1 atom stereocenters. The lowest BCUT2D eigenvalue weighted by Crippen LogP contribution is -2.47. The number of carbonyl (C=O) groups is 2. The van der Waals surface area contributed by atoms with Gasteiger partial charge in [0, 0.05) is 10.4 Å². The molecule has 1 aliphatic heterocycles. The number of benzene rings is 1. The van der Waals surface area contributed by atoms with E-state index in [-0.39, 0.29) is 19.1 Å². The summed E-state index contributed by atoms with van der Waals surface area (Å²) < 4.78 is 10.7. The number of carbonyl (C=O) groups excluding carboxylic acids is 2. The number of aromatic nitrogens is 1. The summed E-state index contributed by atoms with van der Waals surface area (Å²) in [5, 5.41) is 0.981. The highest BCUT2D eigenvalue weighted by Crippen LogP contribution is 2.38. The molecule has 25 heavy (non-hydrogen) atoms. The molecule has 0 spiro atoms. The van der Waals surface area contributed by atoms with Crippen molar-refractivity contribution in [3.05, 3.63) is 28.1 Å². The number of fused-ring (bicyclic) bond motifs is 1. The summed E-state index contributed by atoms with van der Waals surface area (Å²) in [6.07, 6.45) is -0.643. The number of hydrogen-bond donors (Lipinski definition) is 0. The number of hydrogen-bond acceptors (Lipinski definition) is 6. The van der Waals surface area contributed by atoms with Gasteiger partial charge >= 0.3 is 5.97 Å². The molecule has 1 aromatic heterocycles. The maximum atomic E-state index is 12.5. The quantitative estimate of drug-likeness (QED) is 0.784. The molecule has 1 amide bonds. The monoisotopic (exact) mass is 360 g/mol. The van der Waals surface area contributed by atoms with E-state index in [0.717, 1.165) is 21.1 Å². The van der Waals surface area contributed by atoms with Gasteiger partial charge < -0.3 is 9.47 Å². The molecular formula is C18H20N2O4S. The Kier molecular flexibility index (Phi) is 4.76. The van der Waals surface area contributed by atoms with Gasteiger partial charge in [-0.25, -0.2) is 4.98 Å². The van der Waals surface area contributed by atoms with Crippen molar-refractivity contribution in [2.45, 2.75) is 33.8 Å². The maximum Gasteiger partial charge on any atom is 0.326 e. The van der Waals surface area contributed by atoms with Crippen molar-refractivity contribution in [1.82, 2.24) is 4.98 Å². The van der Waals surface area contributed by atoms with E-state index in [1.165, 1.54) is 4.90 Å². The predicted octanol–water partition coefficient (Wildman–Crippen LogP) is 3.10. The highest BCUT2D eigenvalue weighted by Gasteiger charge is 2.33. The largest absolute Gasteiger partial charge is 0.479 e. The summed E-state index contributed by atoms with van der Waals surface area (Å²) in [7, 11) is 0. The van der Waals surface area contributed by atoms with Crippen molar-refractivity contribution in [2.75, 3.05) is 18.1 Å². The van der Waals surface area contributed by atoms with Crippen molar-refractivity contribution in [3.63, 3.8) is 0 Å². The average molecular weight is 360 g/mol. The lowest BCUT2D eigenvalue weighted by atomic mass is 10.1. The van der Waals surface area contributed by atoms with Gasteiger partial charge in [-0.2, -0.15) is 0 Å². The number of thiazole rings is 1. The normalized spacial score (nSPS) is 16.4. The van der Waals surface area contributed by atoms with E-state index in [1.807, 2.05) is 32.0 Å². The van der Waals surface area contributed by atoms with Gasteiger partial charge in [-0.3, -0.25) is 14.5 Å². The van der Waals surface area contributed by atoms with Crippen LogP contribution in [0.3, 0.4) is 0 Å². The third-order valence-electron chi connectivity index (χ3n) is 3.94. The Labute approximate surface area is 150 Å². The number of aryl methyl sites for hydroxylation is 2. The van der Waals surface area contributed by atoms with Crippen LogP contribution in [-0.4, -0.2) is 36.1 Å². The van der Waals surface area contributed by atoms with Crippen LogP contribution in [0.2, 0.25) is 0 Å². The molecule has 0 fully saturated rings. The van der Waals surface area contributed by atoms with E-state index >= 15 is 0 Å². The maximum absolute atomic E-state index is 12.5. The van der Waals surface area contributed by atoms with Crippen LogP contribution in [0.15, 0.2) is 18.2 Å². The van der Waals surface area contributed by atoms with E-state index in [9.17, 15) is 9.59 Å². The van der Waals surface area contributed by atoms with Crippen LogP contribution in [0.25, 0.3) is 11.3 Å². The molecule has 132 valence electrons. The summed E-state index contributed by atoms with van der Waals surface area (Å²) in [4.78, 5) is 31.5. The van der Waals surface area contributed by atoms with Gasteiger partial charge in [0.05, 0.1) is 23.0 Å². The summed E-state index contributed by atoms with van der Waals surface area (Å²) in [6.45, 7) is 7.52. The summed E-state index contributed by atoms with van der Waals surface area (Å²) in [5.74, 6) is -0.129. The Morgan fingerprint density at radius 1 is 1.40 bits per heavy atom. The highest BCUT2D eigenvalue weighted by atomic mass is 32.1. The third kappa shape index (κ3) is 3.37. The molecule has 0 saturated heterocycles. The first-order chi connectivity index (χ1) is 11.9. The van der Waals surface area contributed by atoms with Crippen molar-refractivity contribution >= 4 is 28.9 Å². The molecule has 7 heteroatoms. The summed E-state index contributed by atoms with van der Waals surface area (Å²) in [6, 6.07) is 5.59. The minimum atomic E-state index is -0.643. The van der Waals surface area contributed by atoms with Crippen molar-refractivity contribution in [2.24, 2.45) is 0 Å². The van der Waals surface area contributed by atoms with Gasteiger partial charge in [-0.15, -0.1) is 11.3 Å². The van der Waals surface area contributed by atoms with E-state index < -0.39 is 12.1 Å². The fraction of sp³-hybridized carbons (Fsp3) is 0.389. The molecule has 2 aromatic rings. The molecule has 0 N–H and O–H groups in total. The predicted molar refractivity (Wildman–Crippen MR) is 96.1 cm³/mol. The molecule has 3 rings (SSSR count). The lowest BCUT2D eigenvalue weighted by Gasteiger charge is -2.32. The topological polar surface area (TPSA) is 68.7 Å². The molecule has 0 bridgehead atoms. The fourth-order valence-electron chi connectivity index (χ4n) is 2.85. The lowest BCUT2D eigenvalue weighted by molar-refractivity contribution is -0.143. The average Bonchev–Trinajstić information content (AvgIpc) is 2.90. The number of esters is 1. The Balaban J connectivity index is 2.02. The highest BCUT2D eigenvalue weighted by molar-refractivity contribution is 7.11. The van der Waals surface area contributed by atoms with Crippen molar-refractivity contribution in [3.8, 4) is 17.0 Å². The zero-order chi connectivity index (χ0) is 18.1. The van der Waals surface area contributed by atoms with E-state index in [1.54, 1.807) is 25.2 Å². The van der Waals surface area contributed by atoms with E-state index in [2.05, 4.69) is 4.98 Å². The second-order valence-corrected chi connectivity index (χ2v) is 7.22. The number of nitrogens with zero attached hydrogens (tertiary/aromatic N) is 2. The smallest absolute Gasteiger partial charge is 0.326 e. The summed E-state index contributed by atoms with van der Waals surface area (Å²) in [5.41, 5.74) is 2.34. The first kappa shape index (κ1) is 17.4. The third-order valence-corrected chi connectivity index (χ3v) is 4.82. The first-order valence-corrected chi connectivity index (χ1v) is 8.94. The minimum Gasteiger partial charge on any atom is -0.479 e. The molecular weight excluding hydrogens is 340 g/mol. The van der Waals surface area contributed by atoms with E-state index in [0.29, 0.717) is 11.4 Å². The molecule has 0 saturated carbocycles. The summed E-state index contributed by atoms with van der Waals surface area (Å²) >= 11 is 1.62. The molecule has 6 nitrogen and oxygen atoms in total. The van der Waals surface area contributed by atoms with Crippen LogP contribution >= 0.6 is 11.3 Å². The zero-order valence-corrected chi connectivity index (χ0v) is 15.5. The molecule has 0 radical (unpaired) electrons. The number of rotatable bonds is 4. The Morgan fingerprint density at radius 3 is 2.80 bits per heavy atom. The second-order valence-electron chi connectivity index (χ2n) is 5.81. The van der Waals surface area contributed by atoms with Gasteiger partial charge in [0.15, 0.2) is 6.10 Å². The van der Waals surface area contributed by atoms with Crippen LogP contribution in [0.5, 0.6) is 5.75 Å². The van der Waals surface area contributed by atoms with Gasteiger partial charge in [0.2, 0.25) is 0 Å². The molecule has 1 aromatic carbocycles. The molecule has 2 heterocycles. The van der Waals surface area contributed by atoms with Gasteiger partial charge in [0.25, 0.3) is 5.91 Å². The molecule has 1 unspecified atom stereocenters. The fourth-order valence-corrected chi connectivity index (χ4v) is 3.69. The van der Waals surface area contributed by atoms with Crippen LogP contribution in [0.4, 0.5) is 5.69 Å². The number of ether oxygens (including phenoxy) is 2. The number of amides is 1. The van der Waals surface area contributed by atoms with E-state index in [4.69, 9.17) is 9.47 Å². The van der Waals surface area contributed by atoms with Gasteiger partial charge in [0.1, 0.15) is 12.3 Å². The molecule has 0 aliphatic carbocycles. The molecule has 1 aliphatic rings. The van der Waals surface area contributed by atoms with Crippen LogP contribution < -0.4 is 9.64 Å². The standard InChI is InChI=1S/C18H20N2O4S/c1-5-23-16(21)9-20-14-8-13(17-11(3)25-12(4)19-17)6-7-15(14)24-10(2)18(20)22/h6-8,10H,5,9H2,1-4H3. The van der Waals surface area contributed by atoms with Crippen LogP contribution in [-0.2, 0) is 14.3 Å². The van der Waals surface area contributed by atoms with Gasteiger partial charge in [-0.05, 0) is 45.9 Å². The number of anilines is 1. The second kappa shape index (κ2) is 6.84. The Morgan fingerprint density at radius 2 is 2.16 bits per heavy atom. The Bertz CT molecular complexity index is 830.